The average Bonchev–Trinajstić information content (AvgIpc) is 3.06. The van der Waals surface area contributed by atoms with Gasteiger partial charge in [-0.2, -0.15) is 0 Å². The van der Waals surface area contributed by atoms with Crippen LogP contribution in [0.15, 0.2) is 36.5 Å². The van der Waals surface area contributed by atoms with Crippen LogP contribution >= 0.6 is 7.82 Å². The molecule has 0 spiro atoms. The van der Waals surface area contributed by atoms with Crippen molar-refractivity contribution in [1.82, 2.24) is 5.32 Å². The summed E-state index contributed by atoms with van der Waals surface area (Å²) in [4.78, 5) is 22.6. The van der Waals surface area contributed by atoms with Crippen molar-refractivity contribution in [1.29, 1.82) is 0 Å². The van der Waals surface area contributed by atoms with Crippen molar-refractivity contribution >= 4 is 13.7 Å². The van der Waals surface area contributed by atoms with Gasteiger partial charge in [0.25, 0.3) is 0 Å². The molecule has 0 aromatic carbocycles. The maximum atomic E-state index is 12.4. The fourth-order valence-corrected chi connectivity index (χ4v) is 6.28. The number of unbranched alkanes of at least 4 members (excludes halogenated alkanes) is 19. The van der Waals surface area contributed by atoms with Gasteiger partial charge < -0.3 is 19.8 Å². The summed E-state index contributed by atoms with van der Waals surface area (Å²) in [5.74, 6) is -0.218. The fraction of sp³-hybridized carbons (Fsp3) is 0.829. The smallest absolute Gasteiger partial charge is 0.387 e. The summed E-state index contributed by atoms with van der Waals surface area (Å²) in [5.41, 5.74) is 0. The van der Waals surface area contributed by atoms with Gasteiger partial charge in [0.15, 0.2) is 0 Å². The van der Waals surface area contributed by atoms with Crippen LogP contribution in [0.4, 0.5) is 0 Å². The molecular weight excluding hydrogens is 647 g/mol. The van der Waals surface area contributed by atoms with Gasteiger partial charge in [0.05, 0.1) is 39.9 Å². The lowest BCUT2D eigenvalue weighted by Crippen LogP contribution is -2.45. The molecule has 0 aliphatic heterocycles. The molecule has 0 aliphatic carbocycles. The Bertz CT molecular complexity index is 917. The topological polar surface area (TPSA) is 105 Å². The van der Waals surface area contributed by atoms with E-state index in [1.165, 1.54) is 103 Å². The summed E-state index contributed by atoms with van der Waals surface area (Å²) in [6, 6.07) is -0.862. The van der Waals surface area contributed by atoms with Crippen molar-refractivity contribution in [3.8, 4) is 0 Å². The second kappa shape index (κ2) is 33.5. The number of rotatable bonds is 36. The Morgan fingerprint density at radius 2 is 1.10 bits per heavy atom. The number of nitrogens with one attached hydrogen (secondary N) is 1. The van der Waals surface area contributed by atoms with Gasteiger partial charge in [-0.1, -0.05) is 153 Å². The van der Waals surface area contributed by atoms with Crippen LogP contribution in [0.25, 0.3) is 0 Å². The highest BCUT2D eigenvalue weighted by molar-refractivity contribution is 7.47. The lowest BCUT2D eigenvalue weighted by atomic mass is 10.0. The largest absolute Gasteiger partial charge is 0.472 e. The number of hydrogen-bond donors (Lipinski definition) is 3. The first-order valence-electron chi connectivity index (χ1n) is 20.4. The molecule has 0 heterocycles. The molecule has 0 aromatic rings. The Kier molecular flexibility index (Phi) is 32.7. The number of aliphatic hydroxyl groups is 1. The molecule has 1 amide bonds. The zero-order chi connectivity index (χ0) is 37.2. The molecule has 0 fully saturated rings. The monoisotopic (exact) mass is 728 g/mol. The third kappa shape index (κ3) is 35.1. The molecule has 3 unspecified atom stereocenters. The van der Waals surface area contributed by atoms with E-state index in [0.717, 1.165) is 44.9 Å². The van der Waals surface area contributed by atoms with Crippen LogP contribution in [0.3, 0.4) is 0 Å². The number of phosphoric ester groups is 1. The van der Waals surface area contributed by atoms with Gasteiger partial charge in [0, 0.05) is 6.42 Å². The van der Waals surface area contributed by atoms with Crippen LogP contribution in [0.2, 0.25) is 0 Å². The van der Waals surface area contributed by atoms with Crippen LogP contribution in [0.5, 0.6) is 0 Å². The number of phosphoric acid groups is 1. The molecule has 0 bridgehead atoms. The van der Waals surface area contributed by atoms with E-state index < -0.39 is 20.0 Å². The number of carbonyl (C=O) groups excluding carboxylic acids is 1. The highest BCUT2D eigenvalue weighted by Gasteiger charge is 2.27. The van der Waals surface area contributed by atoms with E-state index in [2.05, 4.69) is 43.5 Å². The summed E-state index contributed by atoms with van der Waals surface area (Å²) in [6.45, 7) is 4.59. The zero-order valence-corrected chi connectivity index (χ0v) is 34.0. The van der Waals surface area contributed by atoms with E-state index in [4.69, 9.17) is 9.05 Å². The third-order valence-electron chi connectivity index (χ3n) is 8.84. The zero-order valence-electron chi connectivity index (χ0n) is 33.1. The molecule has 0 saturated heterocycles. The summed E-state index contributed by atoms with van der Waals surface area (Å²) in [6.07, 6.45) is 40.3. The molecule has 294 valence electrons. The molecule has 0 rings (SSSR count). The van der Waals surface area contributed by atoms with Crippen LogP contribution < -0.4 is 5.32 Å². The number of amides is 1. The van der Waals surface area contributed by atoms with Crippen LogP contribution in [-0.2, 0) is 18.4 Å². The Labute approximate surface area is 308 Å². The summed E-state index contributed by atoms with van der Waals surface area (Å²) in [7, 11) is 1.54. The predicted octanol–water partition coefficient (Wildman–Crippen LogP) is 10.7. The van der Waals surface area contributed by atoms with Crippen molar-refractivity contribution in [2.45, 2.75) is 180 Å². The van der Waals surface area contributed by atoms with E-state index in [9.17, 15) is 19.4 Å². The number of likely N-dealkylation sites (N-methyl/N-ethyl adjacent to an activating group) is 1. The number of nitrogens with zero attached hydrogens (tertiary/aromatic N) is 1. The van der Waals surface area contributed by atoms with Gasteiger partial charge in [0.1, 0.15) is 13.2 Å². The maximum absolute atomic E-state index is 12.4. The minimum absolute atomic E-state index is 0.0527. The van der Waals surface area contributed by atoms with E-state index >= 15 is 0 Å². The van der Waals surface area contributed by atoms with Gasteiger partial charge in [-0.3, -0.25) is 13.8 Å². The minimum Gasteiger partial charge on any atom is -0.387 e. The van der Waals surface area contributed by atoms with Gasteiger partial charge in [-0.05, 0) is 44.9 Å². The second-order valence-corrected chi connectivity index (χ2v) is 16.5. The first-order chi connectivity index (χ1) is 24.0. The number of hydrogen-bond acceptors (Lipinski definition) is 5. The fourth-order valence-electron chi connectivity index (χ4n) is 5.54. The number of allylic oxidation sites excluding steroid dienone is 5. The molecule has 8 nitrogen and oxygen atoms in total. The first kappa shape index (κ1) is 48.7. The standard InChI is InChI=1S/C41H79N2O6P/c1-6-8-10-11-12-13-14-15-16-17-18-19-20-21-22-23-24-25-26-27-28-29-30-31-33-34-40(44)39(42-41(45)35-32-9-7-2)38-49-50(46,47)48-37-36-43(3,4)5/h24-25,28-29,33-34,39-40,44H,6-23,26-27,30-32,35-38H2,1-5H3,(H-,42,45,46,47)/p+1/b25-24+,29-28+,34-33+. The van der Waals surface area contributed by atoms with Crippen LogP contribution in [0, 0.1) is 0 Å². The molecule has 0 radical (unpaired) electrons. The number of carbonyl (C=O) groups is 1. The van der Waals surface area contributed by atoms with Crippen LogP contribution in [0.1, 0.15) is 168 Å². The summed E-state index contributed by atoms with van der Waals surface area (Å²) in [5, 5.41) is 13.5. The van der Waals surface area contributed by atoms with E-state index in [-0.39, 0.29) is 19.1 Å². The molecular formula is C41H80N2O6P+. The highest BCUT2D eigenvalue weighted by Crippen LogP contribution is 2.43. The first-order valence-corrected chi connectivity index (χ1v) is 21.9. The average molecular weight is 728 g/mol. The van der Waals surface area contributed by atoms with Crippen molar-refractivity contribution in [3.63, 3.8) is 0 Å². The van der Waals surface area contributed by atoms with Crippen molar-refractivity contribution in [3.05, 3.63) is 36.5 Å². The lowest BCUT2D eigenvalue weighted by molar-refractivity contribution is -0.870. The van der Waals surface area contributed by atoms with Gasteiger partial charge in [-0.15, -0.1) is 0 Å². The van der Waals surface area contributed by atoms with Crippen molar-refractivity contribution < 1.29 is 32.9 Å². The third-order valence-corrected chi connectivity index (χ3v) is 9.82. The Morgan fingerprint density at radius 3 is 1.60 bits per heavy atom. The van der Waals surface area contributed by atoms with E-state index in [1.54, 1.807) is 6.08 Å². The van der Waals surface area contributed by atoms with E-state index in [1.807, 2.05) is 27.2 Å². The number of aliphatic hydroxyl groups excluding tert-OH is 1. The SMILES string of the molecule is CCCCCCCCCCCCCCCCC/C=C/CC/C=C/CC/C=C/C(O)C(COP(=O)(O)OCC[N+](C)(C)C)NC(=O)CCCCC. The maximum Gasteiger partial charge on any atom is 0.472 e. The Hall–Kier alpha value is -1.28. The van der Waals surface area contributed by atoms with Gasteiger partial charge >= 0.3 is 7.82 Å². The minimum atomic E-state index is -4.32. The lowest BCUT2D eigenvalue weighted by Gasteiger charge is -2.25. The van der Waals surface area contributed by atoms with Crippen LogP contribution in [-0.4, -0.2) is 73.4 Å². The highest BCUT2D eigenvalue weighted by atomic mass is 31.2. The predicted molar refractivity (Wildman–Crippen MR) is 212 cm³/mol. The van der Waals surface area contributed by atoms with E-state index in [0.29, 0.717) is 17.4 Å². The number of quaternary nitrogens is 1. The Morgan fingerprint density at radius 1 is 0.660 bits per heavy atom. The molecule has 50 heavy (non-hydrogen) atoms. The van der Waals surface area contributed by atoms with Gasteiger partial charge in [-0.25, -0.2) is 4.57 Å². The summed E-state index contributed by atoms with van der Waals surface area (Å²) < 4.78 is 23.2. The molecule has 3 N–H and O–H groups in total. The van der Waals surface area contributed by atoms with Crippen molar-refractivity contribution in [2.24, 2.45) is 0 Å². The molecule has 0 aliphatic rings. The molecule has 0 saturated carbocycles. The van der Waals surface area contributed by atoms with Crippen molar-refractivity contribution in [2.75, 3.05) is 40.9 Å². The second-order valence-electron chi connectivity index (χ2n) is 15.0. The molecule has 0 aromatic heterocycles. The molecule has 3 atom stereocenters. The Balaban J connectivity index is 4.13. The molecule has 9 heteroatoms. The normalized spacial score (nSPS) is 14.9. The quantitative estimate of drug-likeness (QED) is 0.0257. The summed E-state index contributed by atoms with van der Waals surface area (Å²) >= 11 is 0. The van der Waals surface area contributed by atoms with Gasteiger partial charge in [0.2, 0.25) is 5.91 Å².